The molecule has 2 nitrogen and oxygen atoms in total. The van der Waals surface area contributed by atoms with Crippen LogP contribution in [-0.2, 0) is 6.54 Å². The van der Waals surface area contributed by atoms with Gasteiger partial charge in [-0.25, -0.2) is 0 Å². The van der Waals surface area contributed by atoms with Crippen LogP contribution >= 0.6 is 11.3 Å². The Bertz CT molecular complexity index is 335. The van der Waals surface area contributed by atoms with Gasteiger partial charge in [-0.3, -0.25) is 0 Å². The van der Waals surface area contributed by atoms with E-state index in [9.17, 15) is 0 Å². The Morgan fingerprint density at radius 1 is 1.79 bits per heavy atom. The first-order valence-corrected chi connectivity index (χ1v) is 5.46. The third-order valence-electron chi connectivity index (χ3n) is 1.93. The van der Waals surface area contributed by atoms with Gasteiger partial charge >= 0.3 is 0 Å². The lowest BCUT2D eigenvalue weighted by atomic mass is 10.2. The highest BCUT2D eigenvalue weighted by atomic mass is 32.1. The van der Waals surface area contributed by atoms with Crippen LogP contribution in [-0.4, -0.2) is 6.04 Å². The van der Waals surface area contributed by atoms with Crippen molar-refractivity contribution >= 4 is 11.3 Å². The number of thiophene rings is 1. The van der Waals surface area contributed by atoms with Gasteiger partial charge in [0, 0.05) is 22.8 Å². The zero-order valence-corrected chi connectivity index (χ0v) is 9.10. The normalized spacial score (nSPS) is 12.0. The first-order valence-electron chi connectivity index (χ1n) is 4.58. The van der Waals surface area contributed by atoms with Crippen molar-refractivity contribution in [3.8, 4) is 6.07 Å². The number of nitriles is 1. The predicted molar refractivity (Wildman–Crippen MR) is 60.1 cm³/mol. The van der Waals surface area contributed by atoms with Gasteiger partial charge in [0.25, 0.3) is 0 Å². The van der Waals surface area contributed by atoms with Crippen molar-refractivity contribution < 1.29 is 0 Å². The maximum Gasteiger partial charge on any atom is 0.100 e. The van der Waals surface area contributed by atoms with Crippen LogP contribution in [0.5, 0.6) is 0 Å². The molecule has 74 valence electrons. The minimum absolute atomic E-state index is 0.445. The van der Waals surface area contributed by atoms with Gasteiger partial charge < -0.3 is 5.32 Å². The average molecular weight is 206 g/mol. The number of rotatable bonds is 5. The molecule has 1 unspecified atom stereocenters. The van der Waals surface area contributed by atoms with E-state index in [1.165, 1.54) is 4.88 Å². The third kappa shape index (κ3) is 3.33. The zero-order chi connectivity index (χ0) is 10.4. The van der Waals surface area contributed by atoms with Crippen molar-refractivity contribution in [2.75, 3.05) is 0 Å². The van der Waals surface area contributed by atoms with E-state index in [4.69, 9.17) is 5.26 Å². The van der Waals surface area contributed by atoms with Crippen molar-refractivity contribution in [2.45, 2.75) is 25.9 Å². The quantitative estimate of drug-likeness (QED) is 0.752. The van der Waals surface area contributed by atoms with Crippen molar-refractivity contribution in [3.05, 3.63) is 34.5 Å². The summed E-state index contributed by atoms with van der Waals surface area (Å²) in [6.07, 6.45) is 2.88. The summed E-state index contributed by atoms with van der Waals surface area (Å²) in [6.45, 7) is 6.65. The monoisotopic (exact) mass is 206 g/mol. The molecule has 14 heavy (non-hydrogen) atoms. The van der Waals surface area contributed by atoms with E-state index in [2.05, 4.69) is 24.9 Å². The molecule has 0 saturated carbocycles. The fourth-order valence-electron chi connectivity index (χ4n) is 1.14. The molecular formula is C11H14N2S. The molecule has 0 fully saturated rings. The fourth-order valence-corrected chi connectivity index (χ4v) is 1.90. The first kappa shape index (κ1) is 11.0. The van der Waals surface area contributed by atoms with Crippen molar-refractivity contribution in [1.82, 2.24) is 5.32 Å². The maximum atomic E-state index is 8.64. The molecule has 1 aromatic rings. The Morgan fingerprint density at radius 2 is 2.57 bits per heavy atom. The first-order chi connectivity index (χ1) is 6.76. The molecule has 1 rings (SSSR count). The van der Waals surface area contributed by atoms with Gasteiger partial charge in [0.2, 0.25) is 0 Å². The Balaban J connectivity index is 2.38. The summed E-state index contributed by atoms with van der Waals surface area (Å²) in [5, 5.41) is 13.9. The second-order valence-electron chi connectivity index (χ2n) is 3.22. The van der Waals surface area contributed by atoms with Crippen LogP contribution in [0.3, 0.4) is 0 Å². The van der Waals surface area contributed by atoms with Crippen LogP contribution in [0.15, 0.2) is 24.1 Å². The number of hydrogen-bond donors (Lipinski definition) is 1. The van der Waals surface area contributed by atoms with Gasteiger partial charge in [-0.2, -0.15) is 5.26 Å². The fraction of sp³-hybridized carbons (Fsp3) is 0.364. The number of hydrogen-bond acceptors (Lipinski definition) is 3. The van der Waals surface area contributed by atoms with Crippen LogP contribution < -0.4 is 5.32 Å². The molecule has 0 aliphatic heterocycles. The molecule has 0 bridgehead atoms. The minimum Gasteiger partial charge on any atom is -0.309 e. The van der Waals surface area contributed by atoms with Gasteiger partial charge in [0.15, 0.2) is 0 Å². The zero-order valence-electron chi connectivity index (χ0n) is 8.29. The Kier molecular flexibility index (Phi) is 4.37. The van der Waals surface area contributed by atoms with E-state index in [-0.39, 0.29) is 0 Å². The van der Waals surface area contributed by atoms with Crippen molar-refractivity contribution in [1.29, 1.82) is 5.26 Å². The highest BCUT2D eigenvalue weighted by Gasteiger charge is 2.01. The maximum absolute atomic E-state index is 8.64. The molecule has 3 heteroatoms. The highest BCUT2D eigenvalue weighted by Crippen LogP contribution is 2.13. The van der Waals surface area contributed by atoms with Crippen LogP contribution in [0.25, 0.3) is 0 Å². The molecule has 1 aromatic heterocycles. The molecule has 0 saturated heterocycles. The van der Waals surface area contributed by atoms with Gasteiger partial charge in [-0.1, -0.05) is 6.08 Å². The van der Waals surface area contributed by atoms with E-state index in [1.54, 1.807) is 11.3 Å². The van der Waals surface area contributed by atoms with E-state index in [0.717, 1.165) is 18.5 Å². The lowest BCUT2D eigenvalue weighted by Gasteiger charge is -2.09. The molecule has 0 amide bonds. The standard InChI is InChI=1S/C11H14N2S/c1-3-4-9(2)13-7-11-5-10(6-12)8-14-11/h3,5,8-9,13H,1,4,7H2,2H3. The smallest absolute Gasteiger partial charge is 0.100 e. The molecule has 0 radical (unpaired) electrons. The Hall–Kier alpha value is -1.11. The lowest BCUT2D eigenvalue weighted by Crippen LogP contribution is -2.24. The second kappa shape index (κ2) is 5.58. The molecule has 0 aromatic carbocycles. The predicted octanol–water partition coefficient (Wildman–Crippen LogP) is 2.67. The van der Waals surface area contributed by atoms with Gasteiger partial charge in [0.05, 0.1) is 5.56 Å². The summed E-state index contributed by atoms with van der Waals surface area (Å²) in [7, 11) is 0. The molecule has 0 aliphatic carbocycles. The second-order valence-corrected chi connectivity index (χ2v) is 4.22. The summed E-state index contributed by atoms with van der Waals surface area (Å²) >= 11 is 1.62. The average Bonchev–Trinajstić information content (AvgIpc) is 2.63. The summed E-state index contributed by atoms with van der Waals surface area (Å²) < 4.78 is 0. The van der Waals surface area contributed by atoms with Crippen LogP contribution in [0.1, 0.15) is 23.8 Å². The topological polar surface area (TPSA) is 35.8 Å². The van der Waals surface area contributed by atoms with Crippen LogP contribution in [0, 0.1) is 11.3 Å². The molecule has 1 atom stereocenters. The SMILES string of the molecule is C=CCC(C)NCc1cc(C#N)cs1. The molecule has 1 N–H and O–H groups in total. The van der Waals surface area contributed by atoms with Gasteiger partial charge in [-0.15, -0.1) is 17.9 Å². The lowest BCUT2D eigenvalue weighted by molar-refractivity contribution is 0.557. The van der Waals surface area contributed by atoms with Crippen LogP contribution in [0.4, 0.5) is 0 Å². The van der Waals surface area contributed by atoms with E-state index < -0.39 is 0 Å². The van der Waals surface area contributed by atoms with E-state index in [1.807, 2.05) is 17.5 Å². The summed E-state index contributed by atoms with van der Waals surface area (Å²) in [5.74, 6) is 0. The van der Waals surface area contributed by atoms with Crippen molar-refractivity contribution in [2.24, 2.45) is 0 Å². The number of nitrogens with zero attached hydrogens (tertiary/aromatic N) is 1. The van der Waals surface area contributed by atoms with Crippen molar-refractivity contribution in [3.63, 3.8) is 0 Å². The number of nitrogens with one attached hydrogen (secondary N) is 1. The molecule has 0 spiro atoms. The molecule has 1 heterocycles. The summed E-state index contributed by atoms with van der Waals surface area (Å²) in [6, 6.07) is 4.50. The highest BCUT2D eigenvalue weighted by molar-refractivity contribution is 7.10. The van der Waals surface area contributed by atoms with Gasteiger partial charge in [-0.05, 0) is 19.4 Å². The third-order valence-corrected chi connectivity index (χ3v) is 2.86. The minimum atomic E-state index is 0.445. The Labute approximate surface area is 88.9 Å². The summed E-state index contributed by atoms with van der Waals surface area (Å²) in [4.78, 5) is 1.21. The molecule has 0 aliphatic rings. The van der Waals surface area contributed by atoms with E-state index in [0.29, 0.717) is 6.04 Å². The molecular weight excluding hydrogens is 192 g/mol. The van der Waals surface area contributed by atoms with Crippen LogP contribution in [0.2, 0.25) is 0 Å². The Morgan fingerprint density at radius 3 is 3.14 bits per heavy atom. The van der Waals surface area contributed by atoms with Gasteiger partial charge in [0.1, 0.15) is 6.07 Å². The largest absolute Gasteiger partial charge is 0.309 e. The summed E-state index contributed by atoms with van der Waals surface area (Å²) in [5.41, 5.74) is 0.753. The van der Waals surface area contributed by atoms with E-state index >= 15 is 0 Å².